The monoisotopic (exact) mass is 292 g/mol. The Morgan fingerprint density at radius 2 is 2.11 bits per heavy atom. The van der Waals surface area contributed by atoms with E-state index >= 15 is 0 Å². The van der Waals surface area contributed by atoms with Crippen molar-refractivity contribution in [1.29, 1.82) is 0 Å². The normalized spacial score (nSPS) is 13.7. The number of nitrogens with zero attached hydrogens (tertiary/aromatic N) is 1. The van der Waals surface area contributed by atoms with E-state index in [0.717, 1.165) is 12.2 Å². The Labute approximate surface area is 118 Å². The maximum atomic E-state index is 12.0. The van der Waals surface area contributed by atoms with Crippen molar-refractivity contribution in [2.75, 3.05) is 32.8 Å². The maximum absolute atomic E-state index is 12.0. The first kappa shape index (κ1) is 18.0. The van der Waals surface area contributed by atoms with E-state index in [4.69, 9.17) is 9.84 Å². The molecule has 2 unspecified atom stereocenters. The van der Waals surface area contributed by atoms with Gasteiger partial charge in [-0.1, -0.05) is 6.92 Å². The molecule has 0 aromatic heterocycles. The van der Waals surface area contributed by atoms with Gasteiger partial charge >= 0.3 is 12.0 Å². The number of carboxylic acids is 1. The number of hydrogen-bond donors (Lipinski definition) is 2. The third-order valence-corrected chi connectivity index (χ3v) is 3.62. The van der Waals surface area contributed by atoms with Crippen LogP contribution in [0, 0.1) is 0 Å². The van der Waals surface area contributed by atoms with Gasteiger partial charge in [0.05, 0.1) is 0 Å². The summed E-state index contributed by atoms with van der Waals surface area (Å²) in [5, 5.41) is 11.6. The molecule has 0 saturated heterocycles. The van der Waals surface area contributed by atoms with Crippen molar-refractivity contribution in [2.24, 2.45) is 0 Å². The highest BCUT2D eigenvalue weighted by molar-refractivity contribution is 7.98. The Bertz CT molecular complexity index is 289. The van der Waals surface area contributed by atoms with Gasteiger partial charge in [-0.2, -0.15) is 11.8 Å². The molecule has 0 aromatic carbocycles. The first-order valence-corrected chi connectivity index (χ1v) is 7.61. The van der Waals surface area contributed by atoms with Crippen LogP contribution in [0.5, 0.6) is 0 Å². The summed E-state index contributed by atoms with van der Waals surface area (Å²) in [7, 11) is 3.19. The number of hydrogen-bond acceptors (Lipinski definition) is 4. The molecule has 0 heterocycles. The van der Waals surface area contributed by atoms with Gasteiger partial charge in [-0.3, -0.25) is 0 Å². The summed E-state index contributed by atoms with van der Waals surface area (Å²) in [5.41, 5.74) is 0. The van der Waals surface area contributed by atoms with E-state index in [2.05, 4.69) is 5.32 Å². The Balaban J connectivity index is 4.48. The average molecular weight is 292 g/mol. The van der Waals surface area contributed by atoms with Gasteiger partial charge in [0.25, 0.3) is 0 Å². The summed E-state index contributed by atoms with van der Waals surface area (Å²) >= 11 is 1.66. The Hall–Kier alpha value is -0.950. The first-order valence-electron chi connectivity index (χ1n) is 6.21. The number of carbonyl (C=O) groups is 2. The van der Waals surface area contributed by atoms with Crippen molar-refractivity contribution in [3.63, 3.8) is 0 Å². The van der Waals surface area contributed by atoms with E-state index in [0.29, 0.717) is 6.61 Å². The summed E-state index contributed by atoms with van der Waals surface area (Å²) in [5.74, 6) is -0.215. The summed E-state index contributed by atoms with van der Waals surface area (Å²) in [6.07, 6.45) is 3.07. The van der Waals surface area contributed by atoms with Gasteiger partial charge < -0.3 is 20.1 Å². The van der Waals surface area contributed by atoms with Gasteiger partial charge in [0.15, 0.2) is 0 Å². The highest BCUT2D eigenvalue weighted by atomic mass is 32.2. The molecule has 0 aliphatic rings. The molecule has 0 rings (SSSR count). The minimum absolute atomic E-state index is 0.104. The molecule has 0 bridgehead atoms. The van der Waals surface area contributed by atoms with Crippen molar-refractivity contribution in [3.05, 3.63) is 0 Å². The lowest BCUT2D eigenvalue weighted by atomic mass is 10.2. The largest absolute Gasteiger partial charge is 0.480 e. The van der Waals surface area contributed by atoms with Gasteiger partial charge in [0, 0.05) is 39.0 Å². The van der Waals surface area contributed by atoms with E-state index in [9.17, 15) is 9.59 Å². The lowest BCUT2D eigenvalue weighted by molar-refractivity contribution is -0.139. The number of urea groups is 1. The number of amides is 2. The van der Waals surface area contributed by atoms with Crippen molar-refractivity contribution >= 4 is 23.8 Å². The number of rotatable bonds is 9. The van der Waals surface area contributed by atoms with Crippen LogP contribution in [0.25, 0.3) is 0 Å². The molecule has 0 aliphatic heterocycles. The minimum Gasteiger partial charge on any atom is -0.480 e. The molecule has 112 valence electrons. The molecular weight excluding hydrogens is 268 g/mol. The molecule has 2 N–H and O–H groups in total. The fraction of sp³-hybridized carbons (Fsp3) is 0.833. The Morgan fingerprint density at radius 1 is 1.47 bits per heavy atom. The topological polar surface area (TPSA) is 78.9 Å². The third-order valence-electron chi connectivity index (χ3n) is 2.90. The summed E-state index contributed by atoms with van der Waals surface area (Å²) < 4.78 is 4.84. The lowest BCUT2D eigenvalue weighted by Crippen LogP contribution is -2.50. The lowest BCUT2D eigenvalue weighted by Gasteiger charge is -2.28. The van der Waals surface area contributed by atoms with Crippen LogP contribution in [-0.2, 0) is 9.53 Å². The second-order valence-electron chi connectivity index (χ2n) is 4.25. The molecule has 0 fully saturated rings. The Kier molecular flexibility index (Phi) is 9.42. The number of methoxy groups -OCH3 is 1. The van der Waals surface area contributed by atoms with Crippen LogP contribution in [0.15, 0.2) is 0 Å². The smallest absolute Gasteiger partial charge is 0.326 e. The van der Waals surface area contributed by atoms with Crippen molar-refractivity contribution in [2.45, 2.75) is 31.8 Å². The second-order valence-corrected chi connectivity index (χ2v) is 5.16. The van der Waals surface area contributed by atoms with Crippen LogP contribution in [0.1, 0.15) is 19.8 Å². The number of carbonyl (C=O) groups excluding carboxylic acids is 1. The number of carboxylic acid groups (broad SMARTS) is 1. The minimum atomic E-state index is -1.04. The van der Waals surface area contributed by atoms with Crippen molar-refractivity contribution < 1.29 is 19.4 Å². The van der Waals surface area contributed by atoms with Crippen molar-refractivity contribution in [3.8, 4) is 0 Å². The van der Waals surface area contributed by atoms with E-state index in [1.165, 1.54) is 7.11 Å². The third kappa shape index (κ3) is 6.68. The highest BCUT2D eigenvalue weighted by Gasteiger charge is 2.24. The first-order chi connectivity index (χ1) is 8.97. The van der Waals surface area contributed by atoms with E-state index in [-0.39, 0.29) is 18.5 Å². The van der Waals surface area contributed by atoms with Gasteiger partial charge in [0.1, 0.15) is 6.04 Å². The number of ether oxygens (including phenoxy) is 1. The van der Waals surface area contributed by atoms with E-state index in [1.807, 2.05) is 13.2 Å². The summed E-state index contributed by atoms with van der Waals surface area (Å²) in [4.78, 5) is 24.6. The quantitative estimate of drug-likeness (QED) is 0.669. The molecule has 6 nitrogen and oxygen atoms in total. The van der Waals surface area contributed by atoms with Gasteiger partial charge in [-0.15, -0.1) is 0 Å². The Morgan fingerprint density at radius 3 is 2.53 bits per heavy atom. The van der Waals surface area contributed by atoms with Gasteiger partial charge in [-0.05, 0) is 12.7 Å². The molecule has 0 radical (unpaired) electrons. The van der Waals surface area contributed by atoms with E-state index in [1.54, 1.807) is 23.7 Å². The van der Waals surface area contributed by atoms with Gasteiger partial charge in [-0.25, -0.2) is 9.59 Å². The molecule has 0 spiro atoms. The number of nitrogens with one attached hydrogen (secondary N) is 1. The zero-order valence-electron chi connectivity index (χ0n) is 12.0. The zero-order valence-corrected chi connectivity index (χ0v) is 12.8. The van der Waals surface area contributed by atoms with Crippen LogP contribution < -0.4 is 5.32 Å². The van der Waals surface area contributed by atoms with Crippen LogP contribution >= 0.6 is 11.8 Å². The fourth-order valence-electron chi connectivity index (χ4n) is 1.61. The molecule has 0 aromatic rings. The SMILES string of the molecule is CCC(CSC)N(C)C(=O)NC(CCOC)C(=O)O. The van der Waals surface area contributed by atoms with Gasteiger partial charge in [0.2, 0.25) is 0 Å². The number of aliphatic carboxylic acids is 1. The zero-order chi connectivity index (χ0) is 14.8. The molecule has 2 atom stereocenters. The predicted molar refractivity (Wildman–Crippen MR) is 76.7 cm³/mol. The van der Waals surface area contributed by atoms with Crippen LogP contribution in [0.3, 0.4) is 0 Å². The van der Waals surface area contributed by atoms with Crippen molar-refractivity contribution in [1.82, 2.24) is 10.2 Å². The molecule has 7 heteroatoms. The van der Waals surface area contributed by atoms with Crippen LogP contribution in [-0.4, -0.2) is 66.9 Å². The van der Waals surface area contributed by atoms with E-state index < -0.39 is 12.0 Å². The second kappa shape index (κ2) is 9.91. The molecule has 0 aliphatic carbocycles. The highest BCUT2D eigenvalue weighted by Crippen LogP contribution is 2.09. The maximum Gasteiger partial charge on any atom is 0.326 e. The molecular formula is C12H24N2O4S. The average Bonchev–Trinajstić information content (AvgIpc) is 2.39. The summed E-state index contributed by atoms with van der Waals surface area (Å²) in [6.45, 7) is 2.30. The van der Waals surface area contributed by atoms with Crippen LogP contribution in [0.2, 0.25) is 0 Å². The predicted octanol–water partition coefficient (Wildman–Crippen LogP) is 1.26. The van der Waals surface area contributed by atoms with Crippen LogP contribution in [0.4, 0.5) is 4.79 Å². The molecule has 19 heavy (non-hydrogen) atoms. The molecule has 0 saturated carbocycles. The standard InChI is InChI=1S/C12H24N2O4S/c1-5-9(8-19-4)14(2)12(17)13-10(11(15)16)6-7-18-3/h9-10H,5-8H2,1-4H3,(H,13,17)(H,15,16). The molecule has 2 amide bonds. The fourth-order valence-corrected chi connectivity index (χ4v) is 2.45. The summed E-state index contributed by atoms with van der Waals surface area (Å²) in [6, 6.07) is -1.17. The number of thioether (sulfide) groups is 1.